The second-order valence-electron chi connectivity index (χ2n) is 13.6. The zero-order valence-electron chi connectivity index (χ0n) is 35.5. The van der Waals surface area contributed by atoms with E-state index in [0.717, 1.165) is 54.3 Å². The Morgan fingerprint density at radius 3 is 1.97 bits per heavy atom. The van der Waals surface area contributed by atoms with Crippen LogP contribution in [0.3, 0.4) is 0 Å². The van der Waals surface area contributed by atoms with E-state index in [9.17, 15) is 24.0 Å². The van der Waals surface area contributed by atoms with E-state index >= 15 is 0 Å². The van der Waals surface area contributed by atoms with Gasteiger partial charge in [0.15, 0.2) is 0 Å². The smallest absolute Gasteiger partial charge is 0.376 e. The first-order valence-corrected chi connectivity index (χ1v) is 22.3. The number of thiophene rings is 3. The largest absolute Gasteiger partial charge is 0.465 e. The predicted octanol–water partition coefficient (Wildman–Crippen LogP) is 10.7. The Bertz CT molecular complexity index is 2520. The van der Waals surface area contributed by atoms with E-state index in [1.807, 2.05) is 57.3 Å². The molecule has 0 radical (unpaired) electrons. The van der Waals surface area contributed by atoms with Crippen LogP contribution in [-0.4, -0.2) is 61.6 Å². The molecule has 63 heavy (non-hydrogen) atoms. The van der Waals surface area contributed by atoms with Crippen LogP contribution in [0.4, 0.5) is 47.3 Å². The summed E-state index contributed by atoms with van der Waals surface area (Å²) in [6.45, 7) is 9.76. The summed E-state index contributed by atoms with van der Waals surface area (Å²) < 4.78 is 14.5. The predicted molar refractivity (Wildman–Crippen MR) is 246 cm³/mol. The van der Waals surface area contributed by atoms with Gasteiger partial charge in [-0.15, -0.1) is 44.2 Å². The fourth-order valence-electron chi connectivity index (χ4n) is 5.31. The minimum Gasteiger partial charge on any atom is -0.465 e. The van der Waals surface area contributed by atoms with Gasteiger partial charge in [0, 0.05) is 27.4 Å². The lowest BCUT2D eigenvalue weighted by Crippen LogP contribution is -2.20. The third-order valence-electron chi connectivity index (χ3n) is 8.30. The van der Waals surface area contributed by atoms with E-state index in [2.05, 4.69) is 51.7 Å². The molecule has 1 fully saturated rings. The van der Waals surface area contributed by atoms with Gasteiger partial charge in [0.25, 0.3) is 0 Å². The number of benzene rings is 1. The first kappa shape index (κ1) is 47.9. The van der Waals surface area contributed by atoms with Gasteiger partial charge < -0.3 is 35.2 Å². The van der Waals surface area contributed by atoms with Crippen molar-refractivity contribution in [2.75, 3.05) is 53.2 Å². The molecule has 22 heteroatoms. The number of ether oxygens (including phenoxy) is 2. The minimum absolute atomic E-state index is 0.0333. The maximum atomic E-state index is 12.0. The summed E-state index contributed by atoms with van der Waals surface area (Å²) in [5.74, 6) is -0.147. The number of amides is 6. The molecule has 0 spiro atoms. The molecular formula is C41H46N8O10S4. The van der Waals surface area contributed by atoms with Gasteiger partial charge in [-0.25, -0.2) is 33.7 Å². The Morgan fingerprint density at radius 1 is 0.683 bits per heavy atom. The minimum atomic E-state index is -0.645. The molecule has 7 rings (SSSR count). The molecule has 0 unspecified atom stereocenters. The van der Waals surface area contributed by atoms with Crippen molar-refractivity contribution in [1.82, 2.24) is 10.2 Å². The first-order valence-electron chi connectivity index (χ1n) is 19.0. The van der Waals surface area contributed by atoms with Gasteiger partial charge in [0.2, 0.25) is 10.9 Å². The van der Waals surface area contributed by atoms with E-state index in [1.165, 1.54) is 55.3 Å². The van der Waals surface area contributed by atoms with Crippen molar-refractivity contribution in [1.29, 1.82) is 0 Å². The third-order valence-corrected chi connectivity index (χ3v) is 12.3. The van der Waals surface area contributed by atoms with Gasteiger partial charge in [-0.2, -0.15) is 0 Å². The second kappa shape index (κ2) is 22.8. The first-order chi connectivity index (χ1) is 30.1. The van der Waals surface area contributed by atoms with Crippen LogP contribution in [0.15, 0.2) is 58.3 Å². The Balaban J connectivity index is 0.000000178. The molecule has 5 aromatic heterocycles. The quantitative estimate of drug-likeness (QED) is 0.0382. The van der Waals surface area contributed by atoms with E-state index in [0.29, 0.717) is 39.7 Å². The summed E-state index contributed by atoms with van der Waals surface area (Å²) in [5.41, 5.74) is 4.32. The number of esters is 2. The van der Waals surface area contributed by atoms with Crippen molar-refractivity contribution in [3.63, 3.8) is 0 Å². The van der Waals surface area contributed by atoms with Gasteiger partial charge in [-0.3, -0.25) is 10.6 Å². The lowest BCUT2D eigenvalue weighted by Gasteiger charge is -2.07. The molecule has 1 aliphatic carbocycles. The highest BCUT2D eigenvalue weighted by Gasteiger charge is 2.28. The average Bonchev–Trinajstić information content (AvgIpc) is 3.54. The van der Waals surface area contributed by atoms with Gasteiger partial charge >= 0.3 is 30.0 Å². The van der Waals surface area contributed by atoms with Gasteiger partial charge in [-0.1, -0.05) is 29.0 Å². The normalized spacial score (nSPS) is 11.5. The number of furan rings is 1. The Labute approximate surface area is 378 Å². The molecule has 1 saturated carbocycles. The van der Waals surface area contributed by atoms with Crippen LogP contribution in [0.25, 0.3) is 0 Å². The Kier molecular flexibility index (Phi) is 17.3. The molecular weight excluding hydrogens is 893 g/mol. The topological polar surface area (TPSA) is 233 Å². The number of hydrogen-bond acceptors (Lipinski definition) is 16. The maximum Gasteiger partial charge on any atom is 0.376 e. The molecule has 5 heterocycles. The number of carbonyl (C=O) groups is 5. The molecule has 0 aliphatic heterocycles. The number of nitrogens with zero attached hydrogens (tertiary/aromatic N) is 2. The second-order valence-corrected chi connectivity index (χ2v) is 18.1. The Morgan fingerprint density at radius 2 is 1.32 bits per heavy atom. The average molecular weight is 939 g/mol. The molecule has 0 bridgehead atoms. The fraction of sp³-hybridized carbons (Fsp3) is 0.293. The number of carbonyl (C=O) groups excluding carboxylic acids is 5. The number of rotatable bonds is 12. The van der Waals surface area contributed by atoms with E-state index in [4.69, 9.17) is 14.0 Å². The van der Waals surface area contributed by atoms with Crippen LogP contribution in [-0.2, 0) is 25.9 Å². The zero-order valence-corrected chi connectivity index (χ0v) is 38.8. The summed E-state index contributed by atoms with van der Waals surface area (Å²) in [4.78, 5) is 71.9. The van der Waals surface area contributed by atoms with Crippen LogP contribution < -0.4 is 31.9 Å². The number of methoxy groups -OCH3 is 2. The third kappa shape index (κ3) is 14.7. The van der Waals surface area contributed by atoms with Crippen molar-refractivity contribution in [3.05, 3.63) is 101 Å². The molecule has 0 saturated heterocycles. The molecule has 1 aliphatic rings. The molecule has 18 nitrogen and oxygen atoms in total. The lowest BCUT2D eigenvalue weighted by molar-refractivity contribution is -0.281. The monoisotopic (exact) mass is 938 g/mol. The highest BCUT2D eigenvalue weighted by atomic mass is 32.1. The molecule has 1 aromatic carbocycles. The summed E-state index contributed by atoms with van der Waals surface area (Å²) in [5, 5.41) is 28.4. The number of urea groups is 3. The van der Waals surface area contributed by atoms with Crippen LogP contribution in [0.5, 0.6) is 0 Å². The summed E-state index contributed by atoms with van der Waals surface area (Å²) in [6, 6.07) is 13.3. The van der Waals surface area contributed by atoms with Crippen LogP contribution in [0.1, 0.15) is 75.5 Å². The SMILES string of the molecule is COC(=O)c1oc(C)cc1NC(=O)Nc1ccc(C)cc1.COC(=O)c1sc(C)cc1NC(=O)Nc1nnc(C2CC2)s1.COOCc1sc(C)cc1NC(=O)Nc1cc(C)cs1. The summed E-state index contributed by atoms with van der Waals surface area (Å²) in [6.07, 6.45) is 2.27. The number of hydrogen-bond donors (Lipinski definition) is 6. The molecule has 6 amide bonds. The molecule has 334 valence electrons. The van der Waals surface area contributed by atoms with E-state index in [-0.39, 0.29) is 17.5 Å². The van der Waals surface area contributed by atoms with Crippen molar-refractivity contribution in [2.45, 2.75) is 60.0 Å². The standard InChI is InChI=1S/C15H16N2O4.C13H14N4O3S2.C13H16N2O3S2/c1-9-4-6-11(7-5-9)16-15(19)17-12-8-10(2)21-13(12)14(18)20-3;1-6-5-8(9(21-6)11(18)20-2)14-12(19)15-13-17-16-10(22-13)7-3-4-7;1-8-4-12(19-7-8)15-13(16)14-10-5-9(2)20-11(10)6-18-17-3/h4-8H,1-3H3,(H2,16,17,19);5,7H,3-4H2,1-2H3,(H2,14,15,17,19);4-5,7H,6H2,1-3H3,(H2,14,15,16). The van der Waals surface area contributed by atoms with Gasteiger partial charge in [0.1, 0.15) is 22.3 Å². The number of aromatic nitrogens is 2. The Hall–Kier alpha value is -6.17. The highest BCUT2D eigenvalue weighted by Crippen LogP contribution is 2.42. The van der Waals surface area contributed by atoms with Gasteiger partial charge in [-0.05, 0) is 88.7 Å². The molecule has 6 aromatic rings. The van der Waals surface area contributed by atoms with E-state index < -0.39 is 24.0 Å². The summed E-state index contributed by atoms with van der Waals surface area (Å²) in [7, 11) is 4.01. The molecule has 0 atom stereocenters. The van der Waals surface area contributed by atoms with Crippen LogP contribution >= 0.6 is 45.3 Å². The van der Waals surface area contributed by atoms with Crippen molar-refractivity contribution in [3.8, 4) is 0 Å². The summed E-state index contributed by atoms with van der Waals surface area (Å²) >= 11 is 5.71. The number of anilines is 6. The number of aryl methyl sites for hydroxylation is 5. The molecule has 6 N–H and O–H groups in total. The van der Waals surface area contributed by atoms with Crippen molar-refractivity contribution in [2.24, 2.45) is 0 Å². The number of nitrogens with one attached hydrogen (secondary N) is 6. The van der Waals surface area contributed by atoms with Crippen LogP contribution in [0, 0.1) is 34.6 Å². The fourth-order valence-corrected chi connectivity index (χ4v) is 8.78. The van der Waals surface area contributed by atoms with E-state index in [1.54, 1.807) is 42.5 Å². The highest BCUT2D eigenvalue weighted by molar-refractivity contribution is 7.15. The zero-order chi connectivity index (χ0) is 45.6. The van der Waals surface area contributed by atoms with Gasteiger partial charge in [0.05, 0.1) is 48.3 Å². The maximum absolute atomic E-state index is 12.0. The van der Waals surface area contributed by atoms with Crippen molar-refractivity contribution < 1.29 is 47.6 Å². The lowest BCUT2D eigenvalue weighted by atomic mass is 10.2. The van der Waals surface area contributed by atoms with Crippen LogP contribution in [0.2, 0.25) is 0 Å². The van der Waals surface area contributed by atoms with Crippen molar-refractivity contribution >= 4 is 108 Å².